The number of allylic oxidation sites excluding steroid dienone is 1. The lowest BCUT2D eigenvalue weighted by Gasteiger charge is -2.23. The van der Waals surface area contributed by atoms with Gasteiger partial charge in [-0.15, -0.1) is 6.58 Å². The van der Waals surface area contributed by atoms with Gasteiger partial charge in [0.2, 0.25) is 0 Å². The van der Waals surface area contributed by atoms with Crippen molar-refractivity contribution in [2.75, 3.05) is 13.2 Å². The molecule has 1 aliphatic heterocycles. The third-order valence-electron chi connectivity index (χ3n) is 3.49. The lowest BCUT2D eigenvalue weighted by molar-refractivity contribution is -0.141. The van der Waals surface area contributed by atoms with Crippen LogP contribution in [0.4, 0.5) is 4.79 Å². The average molecular weight is 269 g/mol. The summed E-state index contributed by atoms with van der Waals surface area (Å²) in [4.78, 5) is 24.5. The number of hydrogen-bond donors (Lipinski definition) is 1. The SMILES string of the molecule is C=CCC1(C)C[C@@H](C(=O)O)N(C(=O)OCCCC)C1. The minimum Gasteiger partial charge on any atom is -0.480 e. The van der Waals surface area contributed by atoms with Crippen molar-refractivity contribution in [1.29, 1.82) is 0 Å². The summed E-state index contributed by atoms with van der Waals surface area (Å²) in [6, 6.07) is -0.793. The zero-order valence-electron chi connectivity index (χ0n) is 11.7. The molecule has 0 aliphatic carbocycles. The average Bonchev–Trinajstić information content (AvgIpc) is 2.68. The molecule has 1 saturated heterocycles. The molecule has 5 nitrogen and oxygen atoms in total. The molecule has 1 rings (SSSR count). The van der Waals surface area contributed by atoms with Crippen LogP contribution >= 0.6 is 0 Å². The first kappa shape index (κ1) is 15.5. The van der Waals surface area contributed by atoms with Crippen molar-refractivity contribution in [3.63, 3.8) is 0 Å². The van der Waals surface area contributed by atoms with Gasteiger partial charge in [0, 0.05) is 6.54 Å². The largest absolute Gasteiger partial charge is 0.480 e. The Balaban J connectivity index is 2.70. The molecule has 0 aromatic heterocycles. The van der Waals surface area contributed by atoms with Gasteiger partial charge in [0.1, 0.15) is 6.04 Å². The van der Waals surface area contributed by atoms with E-state index in [-0.39, 0.29) is 5.41 Å². The molecule has 0 spiro atoms. The molecule has 1 aliphatic rings. The molecule has 0 radical (unpaired) electrons. The maximum atomic E-state index is 11.9. The van der Waals surface area contributed by atoms with Crippen LogP contribution in [0.25, 0.3) is 0 Å². The van der Waals surface area contributed by atoms with Crippen LogP contribution in [-0.2, 0) is 9.53 Å². The predicted octanol–water partition coefficient (Wildman–Crippen LogP) is 2.66. The minimum absolute atomic E-state index is 0.228. The number of carboxylic acids is 1. The van der Waals surface area contributed by atoms with E-state index < -0.39 is 18.1 Å². The van der Waals surface area contributed by atoms with E-state index in [4.69, 9.17) is 4.74 Å². The van der Waals surface area contributed by atoms with Crippen molar-refractivity contribution in [3.8, 4) is 0 Å². The van der Waals surface area contributed by atoms with Gasteiger partial charge in [0.15, 0.2) is 0 Å². The van der Waals surface area contributed by atoms with Crippen LogP contribution in [0.3, 0.4) is 0 Å². The van der Waals surface area contributed by atoms with E-state index in [0.29, 0.717) is 26.0 Å². The zero-order chi connectivity index (χ0) is 14.5. The first-order valence-corrected chi connectivity index (χ1v) is 6.70. The Morgan fingerprint density at radius 1 is 1.58 bits per heavy atom. The van der Waals surface area contributed by atoms with E-state index >= 15 is 0 Å². The highest BCUT2D eigenvalue weighted by Crippen LogP contribution is 2.38. The van der Waals surface area contributed by atoms with E-state index in [1.165, 1.54) is 4.90 Å². The van der Waals surface area contributed by atoms with Crippen molar-refractivity contribution < 1.29 is 19.4 Å². The lowest BCUT2D eigenvalue weighted by Crippen LogP contribution is -2.41. The van der Waals surface area contributed by atoms with E-state index in [1.807, 2.05) is 13.8 Å². The van der Waals surface area contributed by atoms with E-state index in [9.17, 15) is 14.7 Å². The van der Waals surface area contributed by atoms with Crippen LogP contribution in [-0.4, -0.2) is 41.3 Å². The number of carbonyl (C=O) groups is 2. The summed E-state index contributed by atoms with van der Waals surface area (Å²) in [5.41, 5.74) is -0.228. The Bertz CT molecular complexity index is 355. The summed E-state index contributed by atoms with van der Waals surface area (Å²) in [6.07, 6.45) is 4.11. The monoisotopic (exact) mass is 269 g/mol. The summed E-state index contributed by atoms with van der Waals surface area (Å²) >= 11 is 0. The molecule has 0 aromatic rings. The second-order valence-corrected chi connectivity index (χ2v) is 5.46. The number of nitrogens with zero attached hydrogens (tertiary/aromatic N) is 1. The maximum Gasteiger partial charge on any atom is 0.410 e. The molecule has 0 aromatic carbocycles. The number of hydrogen-bond acceptors (Lipinski definition) is 3. The first-order chi connectivity index (χ1) is 8.93. The molecule has 108 valence electrons. The Morgan fingerprint density at radius 3 is 2.79 bits per heavy atom. The molecule has 1 N–H and O–H groups in total. The molecule has 2 atom stereocenters. The molecular formula is C14H23NO4. The normalized spacial score (nSPS) is 26.2. The molecule has 1 unspecified atom stereocenters. The fraction of sp³-hybridized carbons (Fsp3) is 0.714. The maximum absolute atomic E-state index is 11.9. The van der Waals surface area contributed by atoms with Gasteiger partial charge in [-0.2, -0.15) is 0 Å². The fourth-order valence-electron chi connectivity index (χ4n) is 2.46. The number of amides is 1. The first-order valence-electron chi connectivity index (χ1n) is 6.70. The third kappa shape index (κ3) is 3.98. The summed E-state index contributed by atoms with van der Waals surface area (Å²) in [7, 11) is 0. The number of rotatable bonds is 6. The summed E-state index contributed by atoms with van der Waals surface area (Å²) in [5.74, 6) is -0.972. The molecule has 19 heavy (non-hydrogen) atoms. The van der Waals surface area contributed by atoms with E-state index in [0.717, 1.165) is 12.8 Å². The molecule has 0 saturated carbocycles. The van der Waals surface area contributed by atoms with Crippen LogP contribution in [0.15, 0.2) is 12.7 Å². The Hall–Kier alpha value is -1.52. The van der Waals surface area contributed by atoms with Crippen molar-refractivity contribution in [2.24, 2.45) is 5.41 Å². The quantitative estimate of drug-likeness (QED) is 0.594. The Morgan fingerprint density at radius 2 is 2.26 bits per heavy atom. The van der Waals surface area contributed by atoms with Crippen molar-refractivity contribution in [1.82, 2.24) is 4.90 Å². The van der Waals surface area contributed by atoms with Crippen LogP contribution in [0.2, 0.25) is 0 Å². The predicted molar refractivity (Wildman–Crippen MR) is 71.9 cm³/mol. The second kappa shape index (κ2) is 6.59. The molecule has 1 amide bonds. The number of ether oxygens (including phenoxy) is 1. The van der Waals surface area contributed by atoms with Gasteiger partial charge in [-0.1, -0.05) is 26.3 Å². The lowest BCUT2D eigenvalue weighted by atomic mass is 9.84. The standard InChI is InChI=1S/C14H23NO4/c1-4-6-8-19-13(18)15-10-14(3,7-5-2)9-11(15)12(16)17/h5,11H,2,4,6-10H2,1,3H3,(H,16,17)/t11-,14?/m0/s1. The number of aliphatic carboxylic acids is 1. The highest BCUT2D eigenvalue weighted by Gasteiger charge is 2.46. The Labute approximate surface area is 114 Å². The summed E-state index contributed by atoms with van der Waals surface area (Å²) in [5, 5.41) is 9.23. The zero-order valence-corrected chi connectivity index (χ0v) is 11.7. The van der Waals surface area contributed by atoms with Crippen LogP contribution < -0.4 is 0 Å². The molecule has 1 fully saturated rings. The van der Waals surface area contributed by atoms with Gasteiger partial charge in [-0.3, -0.25) is 4.90 Å². The van der Waals surface area contributed by atoms with Crippen LogP contribution in [0.1, 0.15) is 39.5 Å². The van der Waals surface area contributed by atoms with Gasteiger partial charge >= 0.3 is 12.1 Å². The molecular weight excluding hydrogens is 246 g/mol. The smallest absolute Gasteiger partial charge is 0.410 e. The van der Waals surface area contributed by atoms with E-state index in [1.54, 1.807) is 6.08 Å². The second-order valence-electron chi connectivity index (χ2n) is 5.46. The van der Waals surface area contributed by atoms with Crippen molar-refractivity contribution >= 4 is 12.1 Å². The molecule has 1 heterocycles. The highest BCUT2D eigenvalue weighted by molar-refractivity contribution is 5.81. The summed E-state index contributed by atoms with van der Waals surface area (Å²) < 4.78 is 5.12. The van der Waals surface area contributed by atoms with Gasteiger partial charge in [-0.25, -0.2) is 9.59 Å². The third-order valence-corrected chi connectivity index (χ3v) is 3.49. The topological polar surface area (TPSA) is 66.8 Å². The molecule has 0 bridgehead atoms. The van der Waals surface area contributed by atoms with Crippen molar-refractivity contribution in [2.45, 2.75) is 45.6 Å². The highest BCUT2D eigenvalue weighted by atomic mass is 16.6. The van der Waals surface area contributed by atoms with Crippen molar-refractivity contribution in [3.05, 3.63) is 12.7 Å². The Kier molecular flexibility index (Phi) is 5.39. The van der Waals surface area contributed by atoms with Gasteiger partial charge < -0.3 is 9.84 Å². The van der Waals surface area contributed by atoms with Gasteiger partial charge in [-0.05, 0) is 24.7 Å². The number of likely N-dealkylation sites (tertiary alicyclic amines) is 1. The van der Waals surface area contributed by atoms with Crippen LogP contribution in [0, 0.1) is 5.41 Å². The fourth-order valence-corrected chi connectivity index (χ4v) is 2.46. The van der Waals surface area contributed by atoms with Gasteiger partial charge in [0.25, 0.3) is 0 Å². The summed E-state index contributed by atoms with van der Waals surface area (Å²) in [6.45, 7) is 8.42. The van der Waals surface area contributed by atoms with Crippen LogP contribution in [0.5, 0.6) is 0 Å². The number of carboxylic acid groups (broad SMARTS) is 1. The number of unbranched alkanes of at least 4 members (excludes halogenated alkanes) is 1. The minimum atomic E-state index is -0.972. The number of carbonyl (C=O) groups excluding carboxylic acids is 1. The van der Waals surface area contributed by atoms with Gasteiger partial charge in [0.05, 0.1) is 6.61 Å². The van der Waals surface area contributed by atoms with E-state index in [2.05, 4.69) is 6.58 Å². The molecule has 5 heteroatoms.